The second-order valence-electron chi connectivity index (χ2n) is 6.22. The Hall–Kier alpha value is -2.79. The number of halogens is 8. The third kappa shape index (κ3) is 4.77. The van der Waals surface area contributed by atoms with Gasteiger partial charge in [-0.2, -0.15) is 26.3 Å². The van der Waals surface area contributed by atoms with Crippen molar-refractivity contribution in [3.05, 3.63) is 69.2 Å². The van der Waals surface area contributed by atoms with Gasteiger partial charge >= 0.3 is 18.3 Å². The van der Waals surface area contributed by atoms with E-state index in [2.05, 4.69) is 9.97 Å². The second-order valence-corrected chi connectivity index (χ2v) is 7.06. The third-order valence-electron chi connectivity index (χ3n) is 4.10. The quantitative estimate of drug-likeness (QED) is 0.459. The van der Waals surface area contributed by atoms with Crippen molar-refractivity contribution in [2.45, 2.75) is 18.9 Å². The normalized spacial score (nSPS) is 12.3. The van der Waals surface area contributed by atoms with Crippen LogP contribution >= 0.6 is 23.2 Å². The van der Waals surface area contributed by atoms with Crippen LogP contribution in [0.4, 0.5) is 26.3 Å². The van der Waals surface area contributed by atoms with Crippen molar-refractivity contribution < 1.29 is 36.2 Å². The van der Waals surface area contributed by atoms with Gasteiger partial charge in [-0.1, -0.05) is 23.2 Å². The van der Waals surface area contributed by atoms with Gasteiger partial charge in [-0.25, -0.2) is 9.78 Å². The van der Waals surface area contributed by atoms with Crippen LogP contribution in [-0.4, -0.2) is 25.6 Å². The molecule has 1 aromatic carbocycles. The minimum atomic E-state index is -5.19. The number of carboxylic acid groups (broad SMARTS) is 1. The maximum absolute atomic E-state index is 13.5. The summed E-state index contributed by atoms with van der Waals surface area (Å²) in [5, 5.41) is 9.65. The van der Waals surface area contributed by atoms with E-state index < -0.39 is 53.2 Å². The molecule has 0 saturated heterocycles. The molecular weight excluding hydrogens is 475 g/mol. The summed E-state index contributed by atoms with van der Waals surface area (Å²) in [4.78, 5) is 18.4. The molecule has 0 amide bonds. The van der Waals surface area contributed by atoms with Crippen molar-refractivity contribution in [2.24, 2.45) is 0 Å². The minimum absolute atomic E-state index is 0.0520. The Kier molecular flexibility index (Phi) is 5.94. The van der Waals surface area contributed by atoms with Gasteiger partial charge in [0.15, 0.2) is 11.4 Å². The van der Waals surface area contributed by atoms with E-state index in [0.29, 0.717) is 16.8 Å². The Morgan fingerprint density at radius 2 is 1.71 bits per heavy atom. The van der Waals surface area contributed by atoms with Crippen LogP contribution in [-0.2, 0) is 18.9 Å². The van der Waals surface area contributed by atoms with Gasteiger partial charge in [-0.3, -0.25) is 4.98 Å². The summed E-state index contributed by atoms with van der Waals surface area (Å²) < 4.78 is 80.2. The molecule has 0 bridgehead atoms. The molecule has 1 N–H and O–H groups in total. The zero-order chi connectivity index (χ0) is 23.1. The molecule has 0 fully saturated rings. The SMILES string of the molecule is O=C(O)c1c(C(F)(F)F)nc(-c2cncc(C(F)(F)F)c2)n1Cc1cc(Cl)ccc1Cl. The number of aromatic nitrogens is 3. The molecule has 3 rings (SSSR count). The molecule has 0 atom stereocenters. The Morgan fingerprint density at radius 1 is 1.03 bits per heavy atom. The third-order valence-corrected chi connectivity index (χ3v) is 4.70. The largest absolute Gasteiger partial charge is 0.477 e. The van der Waals surface area contributed by atoms with Gasteiger partial charge in [0.25, 0.3) is 0 Å². The summed E-state index contributed by atoms with van der Waals surface area (Å²) in [5.74, 6) is -2.66. The minimum Gasteiger partial charge on any atom is -0.477 e. The monoisotopic (exact) mass is 483 g/mol. The molecule has 0 aliphatic rings. The lowest BCUT2D eigenvalue weighted by molar-refractivity contribution is -0.141. The van der Waals surface area contributed by atoms with E-state index in [1.165, 1.54) is 18.2 Å². The predicted molar refractivity (Wildman–Crippen MR) is 98.0 cm³/mol. The number of hydrogen-bond donors (Lipinski definition) is 1. The van der Waals surface area contributed by atoms with E-state index in [0.717, 1.165) is 6.20 Å². The number of imidazole rings is 1. The summed E-state index contributed by atoms with van der Waals surface area (Å²) in [6.45, 7) is -0.560. The lowest BCUT2D eigenvalue weighted by Crippen LogP contribution is -2.17. The van der Waals surface area contributed by atoms with Crippen molar-refractivity contribution >= 4 is 29.2 Å². The highest BCUT2D eigenvalue weighted by molar-refractivity contribution is 6.33. The number of pyridine rings is 1. The van der Waals surface area contributed by atoms with Gasteiger partial charge in [0, 0.05) is 28.0 Å². The van der Waals surface area contributed by atoms with Crippen molar-refractivity contribution in [2.75, 3.05) is 0 Å². The molecule has 3 aromatic rings. The van der Waals surface area contributed by atoms with Crippen molar-refractivity contribution in [1.29, 1.82) is 0 Å². The summed E-state index contributed by atoms with van der Waals surface area (Å²) in [7, 11) is 0. The van der Waals surface area contributed by atoms with Crippen LogP contribution in [0.15, 0.2) is 36.7 Å². The molecule has 2 aromatic heterocycles. The van der Waals surface area contributed by atoms with Crippen molar-refractivity contribution in [3.8, 4) is 11.4 Å². The lowest BCUT2D eigenvalue weighted by atomic mass is 10.1. The van der Waals surface area contributed by atoms with Gasteiger partial charge in [0.2, 0.25) is 0 Å². The first-order chi connectivity index (χ1) is 14.3. The first-order valence-corrected chi connectivity index (χ1v) is 8.92. The summed E-state index contributed by atoms with van der Waals surface area (Å²) in [6, 6.07) is 4.55. The number of alkyl halides is 6. The molecule has 0 saturated carbocycles. The molecule has 13 heteroatoms. The van der Waals surface area contributed by atoms with Crippen LogP contribution in [0, 0.1) is 0 Å². The molecule has 0 aliphatic carbocycles. The predicted octanol–water partition coefficient (Wildman–Crippen LogP) is 6.04. The zero-order valence-electron chi connectivity index (χ0n) is 14.9. The molecular formula is C18H9Cl2F6N3O2. The fraction of sp³-hybridized carbons (Fsp3) is 0.167. The average Bonchev–Trinajstić information content (AvgIpc) is 3.04. The Balaban J connectivity index is 2.31. The molecule has 0 unspecified atom stereocenters. The molecule has 0 aliphatic heterocycles. The highest BCUT2D eigenvalue weighted by atomic mass is 35.5. The molecule has 0 radical (unpaired) electrons. The number of benzene rings is 1. The van der Waals surface area contributed by atoms with Crippen molar-refractivity contribution in [1.82, 2.24) is 14.5 Å². The zero-order valence-corrected chi connectivity index (χ0v) is 16.4. The van der Waals surface area contributed by atoms with E-state index >= 15 is 0 Å². The first kappa shape index (κ1) is 22.9. The molecule has 164 valence electrons. The topological polar surface area (TPSA) is 68.0 Å². The number of nitrogens with zero attached hydrogens (tertiary/aromatic N) is 3. The van der Waals surface area contributed by atoms with Gasteiger partial charge in [-0.05, 0) is 29.8 Å². The molecule has 0 spiro atoms. The lowest BCUT2D eigenvalue weighted by Gasteiger charge is -2.13. The fourth-order valence-corrected chi connectivity index (χ4v) is 3.17. The van der Waals surface area contributed by atoms with Crippen LogP contribution in [0.1, 0.15) is 27.3 Å². The van der Waals surface area contributed by atoms with E-state index in [9.17, 15) is 36.2 Å². The van der Waals surface area contributed by atoms with E-state index in [4.69, 9.17) is 23.2 Å². The number of aromatic carboxylic acids is 1. The summed E-state index contributed by atoms with van der Waals surface area (Å²) >= 11 is 11.9. The average molecular weight is 484 g/mol. The van der Waals surface area contributed by atoms with Crippen LogP contribution in [0.3, 0.4) is 0 Å². The maximum atomic E-state index is 13.5. The maximum Gasteiger partial charge on any atom is 0.435 e. The van der Waals surface area contributed by atoms with E-state index in [1.54, 1.807) is 0 Å². The number of hydrogen-bond acceptors (Lipinski definition) is 3. The number of rotatable bonds is 4. The van der Waals surface area contributed by atoms with Crippen molar-refractivity contribution in [3.63, 3.8) is 0 Å². The van der Waals surface area contributed by atoms with Crippen LogP contribution in [0.5, 0.6) is 0 Å². The van der Waals surface area contributed by atoms with Gasteiger partial charge < -0.3 is 9.67 Å². The van der Waals surface area contributed by atoms with Gasteiger partial charge in [-0.15, -0.1) is 0 Å². The van der Waals surface area contributed by atoms with Crippen LogP contribution in [0.2, 0.25) is 10.0 Å². The number of carboxylic acids is 1. The highest BCUT2D eigenvalue weighted by Gasteiger charge is 2.42. The standard InChI is InChI=1S/C18H9Cl2F6N3O2/c19-11-1-2-12(20)9(4-11)7-29-13(16(30)31)14(18(24,25)26)28-15(29)8-3-10(6-27-5-8)17(21,22)23/h1-6H,7H2,(H,30,31). The van der Waals surface area contributed by atoms with E-state index in [1.807, 2.05) is 0 Å². The van der Waals surface area contributed by atoms with Crippen LogP contribution < -0.4 is 0 Å². The second kappa shape index (κ2) is 8.04. The molecule has 31 heavy (non-hydrogen) atoms. The molecule has 2 heterocycles. The first-order valence-electron chi connectivity index (χ1n) is 8.16. The smallest absolute Gasteiger partial charge is 0.435 e. The Labute approximate surface area is 179 Å². The number of carbonyl (C=O) groups is 1. The highest BCUT2D eigenvalue weighted by Crippen LogP contribution is 2.37. The Morgan fingerprint density at radius 3 is 2.29 bits per heavy atom. The van der Waals surface area contributed by atoms with Gasteiger partial charge in [0.1, 0.15) is 5.82 Å². The Bertz CT molecular complexity index is 1160. The summed E-state index contributed by atoms with van der Waals surface area (Å²) in [5.41, 5.74) is -4.62. The van der Waals surface area contributed by atoms with E-state index in [-0.39, 0.29) is 15.6 Å². The van der Waals surface area contributed by atoms with Crippen LogP contribution in [0.25, 0.3) is 11.4 Å². The fourth-order valence-electron chi connectivity index (χ4n) is 2.79. The van der Waals surface area contributed by atoms with Gasteiger partial charge in [0.05, 0.1) is 12.1 Å². The molecule has 5 nitrogen and oxygen atoms in total. The summed E-state index contributed by atoms with van der Waals surface area (Å²) in [6.07, 6.45) is -8.70.